The fourth-order valence-electron chi connectivity index (χ4n) is 2.53. The van der Waals surface area contributed by atoms with Crippen LogP contribution in [0.5, 0.6) is 0 Å². The van der Waals surface area contributed by atoms with Crippen LogP contribution in [0.3, 0.4) is 0 Å². The normalized spacial score (nSPS) is 14.6. The molecule has 0 amide bonds. The molecule has 1 aliphatic heterocycles. The number of hydrogen-bond donors (Lipinski definition) is 2. The van der Waals surface area contributed by atoms with Crippen molar-refractivity contribution >= 4 is 11.8 Å². The maximum atomic E-state index is 5.75. The van der Waals surface area contributed by atoms with Gasteiger partial charge in [0.05, 0.1) is 5.69 Å². The molecule has 4 heteroatoms. The predicted molar refractivity (Wildman–Crippen MR) is 75.7 cm³/mol. The van der Waals surface area contributed by atoms with Gasteiger partial charge >= 0.3 is 0 Å². The summed E-state index contributed by atoms with van der Waals surface area (Å²) < 4.78 is 0. The highest BCUT2D eigenvalue weighted by atomic mass is 32.2. The van der Waals surface area contributed by atoms with Crippen LogP contribution in [-0.4, -0.2) is 16.0 Å². The van der Waals surface area contributed by atoms with E-state index in [2.05, 4.69) is 35.3 Å². The van der Waals surface area contributed by atoms with Gasteiger partial charge in [-0.15, -0.1) is 11.8 Å². The number of nitrogens with one attached hydrogen (secondary N) is 1. The first-order chi connectivity index (χ1) is 8.79. The van der Waals surface area contributed by atoms with Crippen molar-refractivity contribution in [2.24, 2.45) is 5.73 Å². The maximum Gasteiger partial charge on any atom is 0.0838 e. The van der Waals surface area contributed by atoms with Crippen molar-refractivity contribution in [3.63, 3.8) is 0 Å². The van der Waals surface area contributed by atoms with Gasteiger partial charge in [0, 0.05) is 22.7 Å². The molecule has 1 aromatic carbocycles. The van der Waals surface area contributed by atoms with Gasteiger partial charge in [-0.25, -0.2) is 0 Å². The lowest BCUT2D eigenvalue weighted by molar-refractivity contribution is 0.890. The van der Waals surface area contributed by atoms with Crippen LogP contribution in [0.4, 0.5) is 0 Å². The largest absolute Gasteiger partial charge is 0.325 e. The first-order valence-corrected chi connectivity index (χ1v) is 7.28. The van der Waals surface area contributed by atoms with Gasteiger partial charge in [-0.2, -0.15) is 5.10 Å². The summed E-state index contributed by atoms with van der Waals surface area (Å²) in [5, 5.41) is 7.30. The van der Waals surface area contributed by atoms with Crippen molar-refractivity contribution in [1.82, 2.24) is 10.2 Å². The van der Waals surface area contributed by atoms with E-state index in [1.807, 2.05) is 11.8 Å². The molecular weight excluding hydrogens is 242 g/mol. The Morgan fingerprint density at radius 3 is 3.17 bits per heavy atom. The summed E-state index contributed by atoms with van der Waals surface area (Å²) in [7, 11) is 0. The molecule has 2 heterocycles. The summed E-state index contributed by atoms with van der Waals surface area (Å²) in [6.45, 7) is 2.53. The van der Waals surface area contributed by atoms with E-state index in [4.69, 9.17) is 5.73 Å². The third-order valence-electron chi connectivity index (χ3n) is 3.41. The number of thioether (sulfide) groups is 1. The summed E-state index contributed by atoms with van der Waals surface area (Å²) >= 11 is 1.96. The van der Waals surface area contributed by atoms with Gasteiger partial charge in [-0.1, -0.05) is 6.07 Å². The summed E-state index contributed by atoms with van der Waals surface area (Å²) in [5.41, 5.74) is 11.7. The Balaban J connectivity index is 2.09. The average molecular weight is 259 g/mol. The Bertz CT molecular complexity index is 574. The van der Waals surface area contributed by atoms with Crippen molar-refractivity contribution < 1.29 is 0 Å². The van der Waals surface area contributed by atoms with E-state index >= 15 is 0 Å². The summed E-state index contributed by atoms with van der Waals surface area (Å²) in [6.07, 6.45) is 2.46. The second kappa shape index (κ2) is 4.78. The van der Waals surface area contributed by atoms with Gasteiger partial charge < -0.3 is 5.73 Å². The third-order valence-corrected chi connectivity index (χ3v) is 4.61. The van der Waals surface area contributed by atoms with Crippen LogP contribution in [0.15, 0.2) is 23.1 Å². The van der Waals surface area contributed by atoms with E-state index in [1.165, 1.54) is 40.2 Å². The summed E-state index contributed by atoms with van der Waals surface area (Å²) in [4.78, 5) is 1.43. The summed E-state index contributed by atoms with van der Waals surface area (Å²) in [5.74, 6) is 1.24. The molecule has 0 atom stereocenters. The average Bonchev–Trinajstić information content (AvgIpc) is 2.79. The van der Waals surface area contributed by atoms with Crippen molar-refractivity contribution in [3.8, 4) is 11.1 Å². The van der Waals surface area contributed by atoms with Crippen LogP contribution in [0.1, 0.15) is 23.4 Å². The first-order valence-electron chi connectivity index (χ1n) is 6.29. The van der Waals surface area contributed by atoms with E-state index in [9.17, 15) is 0 Å². The molecule has 1 aliphatic rings. The Labute approximate surface area is 111 Å². The zero-order valence-electron chi connectivity index (χ0n) is 10.5. The van der Waals surface area contributed by atoms with E-state index < -0.39 is 0 Å². The molecule has 3 rings (SSSR count). The number of hydrogen-bond acceptors (Lipinski definition) is 3. The van der Waals surface area contributed by atoms with E-state index in [-0.39, 0.29) is 0 Å². The minimum atomic E-state index is 0.478. The molecule has 0 radical (unpaired) electrons. The monoisotopic (exact) mass is 259 g/mol. The molecule has 3 N–H and O–H groups in total. The Morgan fingerprint density at radius 1 is 1.44 bits per heavy atom. The second-order valence-corrected chi connectivity index (χ2v) is 5.79. The molecule has 0 aliphatic carbocycles. The lowest BCUT2D eigenvalue weighted by Gasteiger charge is -2.16. The summed E-state index contributed by atoms with van der Waals surface area (Å²) in [6, 6.07) is 6.73. The second-order valence-electron chi connectivity index (χ2n) is 4.65. The number of nitrogens with zero attached hydrogens (tertiary/aromatic N) is 1. The molecule has 3 nitrogen and oxygen atoms in total. The number of fused-ring (bicyclic) bond motifs is 1. The molecule has 0 saturated heterocycles. The van der Waals surface area contributed by atoms with Crippen molar-refractivity contribution in [1.29, 1.82) is 0 Å². The van der Waals surface area contributed by atoms with Gasteiger partial charge in [0.2, 0.25) is 0 Å². The van der Waals surface area contributed by atoms with Crippen LogP contribution in [0, 0.1) is 6.92 Å². The van der Waals surface area contributed by atoms with Crippen molar-refractivity contribution in [2.75, 3.05) is 5.75 Å². The number of H-pyrrole nitrogens is 1. The zero-order valence-corrected chi connectivity index (χ0v) is 11.3. The lowest BCUT2D eigenvalue weighted by Crippen LogP contribution is -2.01. The van der Waals surface area contributed by atoms with Crippen LogP contribution < -0.4 is 5.73 Å². The van der Waals surface area contributed by atoms with Gasteiger partial charge in [-0.3, -0.25) is 5.10 Å². The molecule has 0 spiro atoms. The number of aromatic amines is 1. The molecule has 0 fully saturated rings. The topological polar surface area (TPSA) is 54.7 Å². The Kier molecular flexibility index (Phi) is 3.14. The maximum absolute atomic E-state index is 5.75. The van der Waals surface area contributed by atoms with Gasteiger partial charge in [0.15, 0.2) is 0 Å². The third kappa shape index (κ3) is 1.95. The number of rotatable bonds is 2. The standard InChI is InChI=1S/C14H17N3S/c1-9-14(12(8-15)17-16-9)11-4-5-13-10(7-11)3-2-6-18-13/h4-5,7H,2-3,6,8,15H2,1H3,(H,16,17). The molecule has 1 aromatic heterocycles. The van der Waals surface area contributed by atoms with Crippen LogP contribution in [-0.2, 0) is 13.0 Å². The fraction of sp³-hybridized carbons (Fsp3) is 0.357. The number of aromatic nitrogens is 2. The molecule has 0 bridgehead atoms. The zero-order chi connectivity index (χ0) is 12.5. The molecule has 0 saturated carbocycles. The highest BCUT2D eigenvalue weighted by Crippen LogP contribution is 2.34. The van der Waals surface area contributed by atoms with Crippen LogP contribution >= 0.6 is 11.8 Å². The molecule has 0 unspecified atom stereocenters. The van der Waals surface area contributed by atoms with Gasteiger partial charge in [0.25, 0.3) is 0 Å². The molecule has 2 aromatic rings. The lowest BCUT2D eigenvalue weighted by atomic mass is 9.99. The van der Waals surface area contributed by atoms with Crippen LogP contribution in [0.25, 0.3) is 11.1 Å². The van der Waals surface area contributed by atoms with Crippen molar-refractivity contribution in [3.05, 3.63) is 35.2 Å². The first kappa shape index (κ1) is 11.8. The minimum absolute atomic E-state index is 0.478. The molecular formula is C14H17N3S. The highest BCUT2D eigenvalue weighted by molar-refractivity contribution is 7.99. The number of benzene rings is 1. The van der Waals surface area contributed by atoms with Crippen LogP contribution in [0.2, 0.25) is 0 Å². The molecule has 18 heavy (non-hydrogen) atoms. The number of aryl methyl sites for hydroxylation is 2. The van der Waals surface area contributed by atoms with E-state index in [1.54, 1.807) is 0 Å². The highest BCUT2D eigenvalue weighted by Gasteiger charge is 2.15. The van der Waals surface area contributed by atoms with Crippen molar-refractivity contribution in [2.45, 2.75) is 31.2 Å². The Morgan fingerprint density at radius 2 is 2.33 bits per heavy atom. The van der Waals surface area contributed by atoms with E-state index in [0.717, 1.165) is 11.4 Å². The fourth-order valence-corrected chi connectivity index (χ4v) is 3.55. The van der Waals surface area contributed by atoms with Gasteiger partial charge in [-0.05, 0) is 48.8 Å². The predicted octanol–water partition coefficient (Wildman–Crippen LogP) is 2.88. The van der Waals surface area contributed by atoms with E-state index in [0.29, 0.717) is 6.54 Å². The molecule has 94 valence electrons. The van der Waals surface area contributed by atoms with Gasteiger partial charge in [0.1, 0.15) is 0 Å². The minimum Gasteiger partial charge on any atom is -0.325 e. The quantitative estimate of drug-likeness (QED) is 0.872. The smallest absolute Gasteiger partial charge is 0.0838 e. The Hall–Kier alpha value is -1.26. The number of nitrogens with two attached hydrogens (primary N) is 1. The SMILES string of the molecule is Cc1[nH]nc(CN)c1-c1ccc2c(c1)CCCS2.